The van der Waals surface area contributed by atoms with Crippen molar-refractivity contribution < 1.29 is 9.90 Å². The summed E-state index contributed by atoms with van der Waals surface area (Å²) in [6.45, 7) is 0. The third-order valence-corrected chi connectivity index (χ3v) is 3.75. The van der Waals surface area contributed by atoms with Crippen LogP contribution < -0.4 is 5.32 Å². The van der Waals surface area contributed by atoms with Crippen LogP contribution in [0.25, 0.3) is 0 Å². The number of hydrogen-bond acceptors (Lipinski definition) is 3. The van der Waals surface area contributed by atoms with Crippen molar-refractivity contribution in [1.29, 1.82) is 0 Å². The van der Waals surface area contributed by atoms with Crippen molar-refractivity contribution in [2.45, 2.75) is 12.0 Å². The molecule has 1 aliphatic heterocycles. The normalized spacial score (nSPS) is 21.1. The van der Waals surface area contributed by atoms with E-state index in [1.165, 1.54) is 0 Å². The molecule has 1 aliphatic rings. The Morgan fingerprint density at radius 1 is 1.26 bits per heavy atom. The molecule has 1 aromatic carbocycles. The molecule has 0 aliphatic carbocycles. The minimum absolute atomic E-state index is 0.227. The van der Waals surface area contributed by atoms with Gasteiger partial charge in [-0.2, -0.15) is 0 Å². The average Bonchev–Trinajstić information content (AvgIpc) is 2.64. The molecule has 0 radical (unpaired) electrons. The van der Waals surface area contributed by atoms with Gasteiger partial charge in [0.25, 0.3) is 5.91 Å². The van der Waals surface area contributed by atoms with Gasteiger partial charge in [0.1, 0.15) is 0 Å². The number of hydrogen-bond donors (Lipinski definition) is 2. The zero-order valence-electron chi connectivity index (χ0n) is 9.93. The highest BCUT2D eigenvalue weighted by atomic mass is 79.9. The van der Waals surface area contributed by atoms with E-state index in [0.29, 0.717) is 11.3 Å². The standard InChI is InChI=1S/C14H11BrN2O2/c15-10-1-2-12-11(7-10)14(19,13(18)17-12)8-9-3-5-16-6-4-9/h1-7,19H,8H2,(H,17,18)/t14-/m1/s1. The first-order valence-electron chi connectivity index (χ1n) is 5.82. The van der Waals surface area contributed by atoms with Crippen molar-refractivity contribution in [3.8, 4) is 0 Å². The summed E-state index contributed by atoms with van der Waals surface area (Å²) in [6.07, 6.45) is 3.52. The van der Waals surface area contributed by atoms with Gasteiger partial charge in [0.15, 0.2) is 5.60 Å². The predicted octanol–water partition coefficient (Wildman–Crippen LogP) is 2.23. The molecule has 0 bridgehead atoms. The van der Waals surface area contributed by atoms with Crippen LogP contribution in [0.15, 0.2) is 47.2 Å². The molecule has 0 fully saturated rings. The number of nitrogens with one attached hydrogen (secondary N) is 1. The van der Waals surface area contributed by atoms with E-state index >= 15 is 0 Å². The van der Waals surface area contributed by atoms with Crippen molar-refractivity contribution in [2.24, 2.45) is 0 Å². The average molecular weight is 319 g/mol. The number of halogens is 1. The number of anilines is 1. The number of fused-ring (bicyclic) bond motifs is 1. The molecule has 5 heteroatoms. The zero-order valence-corrected chi connectivity index (χ0v) is 11.5. The van der Waals surface area contributed by atoms with Gasteiger partial charge in [-0.05, 0) is 35.9 Å². The smallest absolute Gasteiger partial charge is 0.261 e. The van der Waals surface area contributed by atoms with E-state index in [0.717, 1.165) is 10.0 Å². The number of amides is 1. The van der Waals surface area contributed by atoms with Crippen LogP contribution in [0.5, 0.6) is 0 Å². The van der Waals surface area contributed by atoms with Gasteiger partial charge >= 0.3 is 0 Å². The van der Waals surface area contributed by atoms with Crippen LogP contribution in [0, 0.1) is 0 Å². The van der Waals surface area contributed by atoms with Crippen molar-refractivity contribution >= 4 is 27.5 Å². The first kappa shape index (κ1) is 12.3. The minimum Gasteiger partial charge on any atom is -0.375 e. The van der Waals surface area contributed by atoms with Crippen molar-refractivity contribution in [3.05, 3.63) is 58.3 Å². The predicted molar refractivity (Wildman–Crippen MR) is 74.6 cm³/mol. The monoisotopic (exact) mass is 318 g/mol. The molecule has 1 atom stereocenters. The maximum Gasteiger partial charge on any atom is 0.261 e. The summed E-state index contributed by atoms with van der Waals surface area (Å²) in [5.41, 5.74) is 0.592. The molecule has 1 amide bonds. The van der Waals surface area contributed by atoms with E-state index in [1.807, 2.05) is 6.07 Å². The SMILES string of the molecule is O=C1Nc2ccc(Br)cc2[C@]1(O)Cc1ccncc1. The Bertz CT molecular complexity index is 645. The van der Waals surface area contributed by atoms with E-state index in [2.05, 4.69) is 26.2 Å². The zero-order chi connectivity index (χ0) is 13.5. The molecule has 3 rings (SSSR count). The van der Waals surface area contributed by atoms with Crippen LogP contribution in [0.2, 0.25) is 0 Å². The van der Waals surface area contributed by atoms with Crippen LogP contribution in [-0.4, -0.2) is 16.0 Å². The van der Waals surface area contributed by atoms with Gasteiger partial charge in [-0.3, -0.25) is 9.78 Å². The molecule has 1 aromatic heterocycles. The summed E-state index contributed by atoms with van der Waals surface area (Å²) in [7, 11) is 0. The van der Waals surface area contributed by atoms with Crippen LogP contribution in [0.3, 0.4) is 0 Å². The van der Waals surface area contributed by atoms with Crippen LogP contribution in [0.1, 0.15) is 11.1 Å². The van der Waals surface area contributed by atoms with Gasteiger partial charge in [0.2, 0.25) is 0 Å². The Labute approximate surface area is 118 Å². The fraction of sp³-hybridized carbons (Fsp3) is 0.143. The maximum absolute atomic E-state index is 12.1. The number of aromatic nitrogens is 1. The number of aliphatic hydroxyl groups is 1. The highest BCUT2D eigenvalue weighted by Crippen LogP contribution is 2.39. The molecular weight excluding hydrogens is 308 g/mol. The lowest BCUT2D eigenvalue weighted by molar-refractivity contribution is -0.133. The number of carbonyl (C=O) groups excluding carboxylic acids is 1. The number of pyridine rings is 1. The molecule has 0 saturated carbocycles. The van der Waals surface area contributed by atoms with Crippen LogP contribution in [-0.2, 0) is 16.8 Å². The quantitative estimate of drug-likeness (QED) is 0.892. The Hall–Kier alpha value is -1.72. The maximum atomic E-state index is 12.1. The first-order chi connectivity index (χ1) is 9.09. The number of nitrogens with zero attached hydrogens (tertiary/aromatic N) is 1. The van der Waals surface area contributed by atoms with Gasteiger partial charge in [-0.25, -0.2) is 0 Å². The number of rotatable bonds is 2. The Morgan fingerprint density at radius 3 is 2.74 bits per heavy atom. The van der Waals surface area contributed by atoms with Gasteiger partial charge in [-0.15, -0.1) is 0 Å². The fourth-order valence-electron chi connectivity index (χ4n) is 2.29. The number of carbonyl (C=O) groups is 1. The number of benzene rings is 1. The molecule has 96 valence electrons. The van der Waals surface area contributed by atoms with E-state index in [4.69, 9.17) is 0 Å². The molecule has 0 spiro atoms. The summed E-state index contributed by atoms with van der Waals surface area (Å²) >= 11 is 3.36. The van der Waals surface area contributed by atoms with Crippen molar-refractivity contribution in [1.82, 2.24) is 4.98 Å². The van der Waals surface area contributed by atoms with Gasteiger partial charge in [0.05, 0.1) is 0 Å². The second-order valence-corrected chi connectivity index (χ2v) is 5.45. The Balaban J connectivity index is 2.04. The third kappa shape index (κ3) is 2.05. The second kappa shape index (κ2) is 4.43. The molecule has 0 saturated heterocycles. The third-order valence-electron chi connectivity index (χ3n) is 3.26. The largest absolute Gasteiger partial charge is 0.375 e. The van der Waals surface area contributed by atoms with Gasteiger partial charge < -0.3 is 10.4 Å². The minimum atomic E-state index is -1.53. The summed E-state index contributed by atoms with van der Waals surface area (Å²) in [5, 5.41) is 13.4. The lowest BCUT2D eigenvalue weighted by Crippen LogP contribution is -2.36. The lowest BCUT2D eigenvalue weighted by Gasteiger charge is -2.21. The molecular formula is C14H11BrN2O2. The van der Waals surface area contributed by atoms with Gasteiger partial charge in [0, 0.05) is 34.5 Å². The fourth-order valence-corrected chi connectivity index (χ4v) is 2.65. The molecule has 19 heavy (non-hydrogen) atoms. The summed E-state index contributed by atoms with van der Waals surface area (Å²) in [6, 6.07) is 8.97. The lowest BCUT2D eigenvalue weighted by atomic mass is 9.89. The second-order valence-electron chi connectivity index (χ2n) is 4.54. The summed E-state index contributed by atoms with van der Waals surface area (Å²) in [4.78, 5) is 16.0. The van der Waals surface area contributed by atoms with E-state index < -0.39 is 11.5 Å². The van der Waals surface area contributed by atoms with E-state index in [1.54, 1.807) is 36.7 Å². The van der Waals surface area contributed by atoms with E-state index in [-0.39, 0.29) is 6.42 Å². The Morgan fingerprint density at radius 2 is 2.00 bits per heavy atom. The topological polar surface area (TPSA) is 62.2 Å². The van der Waals surface area contributed by atoms with E-state index in [9.17, 15) is 9.90 Å². The highest BCUT2D eigenvalue weighted by Gasteiger charge is 2.45. The molecule has 2 aromatic rings. The summed E-state index contributed by atoms with van der Waals surface area (Å²) in [5.74, 6) is -0.391. The van der Waals surface area contributed by atoms with Crippen molar-refractivity contribution in [3.63, 3.8) is 0 Å². The highest BCUT2D eigenvalue weighted by molar-refractivity contribution is 9.10. The summed E-state index contributed by atoms with van der Waals surface area (Å²) < 4.78 is 0.830. The van der Waals surface area contributed by atoms with Gasteiger partial charge in [-0.1, -0.05) is 15.9 Å². The Kier molecular flexibility index (Phi) is 2.88. The van der Waals surface area contributed by atoms with Crippen molar-refractivity contribution in [2.75, 3.05) is 5.32 Å². The molecule has 2 heterocycles. The molecule has 4 nitrogen and oxygen atoms in total. The molecule has 2 N–H and O–H groups in total. The van der Waals surface area contributed by atoms with Crippen LogP contribution >= 0.6 is 15.9 Å². The van der Waals surface area contributed by atoms with Crippen LogP contribution in [0.4, 0.5) is 5.69 Å². The first-order valence-corrected chi connectivity index (χ1v) is 6.62. The molecule has 0 unspecified atom stereocenters.